The number of carbonyl (C=O) groups is 1. The van der Waals surface area contributed by atoms with Crippen LogP contribution in [0.25, 0.3) is 0 Å². The van der Waals surface area contributed by atoms with Gasteiger partial charge in [-0.2, -0.15) is 0 Å². The second-order valence-electron chi connectivity index (χ2n) is 6.31. The lowest BCUT2D eigenvalue weighted by atomic mass is 9.96. The van der Waals surface area contributed by atoms with Gasteiger partial charge in [0.25, 0.3) is 0 Å². The lowest BCUT2D eigenvalue weighted by Crippen LogP contribution is -2.54. The Kier molecular flexibility index (Phi) is 8.93. The van der Waals surface area contributed by atoms with Crippen LogP contribution in [-0.4, -0.2) is 54.5 Å². The Morgan fingerprint density at radius 1 is 0.952 bits per heavy atom. The van der Waals surface area contributed by atoms with Gasteiger partial charge in [-0.05, 0) is 19.3 Å². The Labute approximate surface area is 131 Å². The van der Waals surface area contributed by atoms with Gasteiger partial charge in [0.15, 0.2) is 0 Å². The molecule has 2 N–H and O–H groups in total. The molecular formula is C17H35N3O. The van der Waals surface area contributed by atoms with Gasteiger partial charge < -0.3 is 10.6 Å². The van der Waals surface area contributed by atoms with E-state index in [-0.39, 0.29) is 5.92 Å². The second kappa shape index (κ2) is 10.2. The molecule has 0 radical (unpaired) electrons. The molecule has 4 nitrogen and oxygen atoms in total. The Morgan fingerprint density at radius 3 is 1.90 bits per heavy atom. The fourth-order valence-corrected chi connectivity index (χ4v) is 3.44. The molecule has 1 aliphatic heterocycles. The molecule has 1 unspecified atom stereocenters. The number of nitrogens with two attached hydrogens (primary N) is 1. The molecule has 0 aliphatic carbocycles. The van der Waals surface area contributed by atoms with E-state index < -0.39 is 0 Å². The summed E-state index contributed by atoms with van der Waals surface area (Å²) >= 11 is 0. The first-order chi connectivity index (χ1) is 10.2. The van der Waals surface area contributed by atoms with Crippen LogP contribution in [0.15, 0.2) is 0 Å². The number of hydrogen-bond acceptors (Lipinski definition) is 3. The van der Waals surface area contributed by atoms with Crippen LogP contribution in [0.1, 0.15) is 59.3 Å². The first-order valence-corrected chi connectivity index (χ1v) is 8.90. The number of rotatable bonds is 9. The van der Waals surface area contributed by atoms with Crippen molar-refractivity contribution in [2.75, 3.05) is 32.7 Å². The summed E-state index contributed by atoms with van der Waals surface area (Å²) < 4.78 is 0. The highest BCUT2D eigenvalue weighted by atomic mass is 16.2. The van der Waals surface area contributed by atoms with Gasteiger partial charge in [-0.1, -0.05) is 40.0 Å². The van der Waals surface area contributed by atoms with Gasteiger partial charge in [0.05, 0.1) is 0 Å². The molecule has 0 aromatic heterocycles. The van der Waals surface area contributed by atoms with Gasteiger partial charge >= 0.3 is 0 Å². The van der Waals surface area contributed by atoms with Gasteiger partial charge in [0.1, 0.15) is 0 Å². The minimum Gasteiger partial charge on any atom is -0.340 e. The van der Waals surface area contributed by atoms with E-state index in [4.69, 9.17) is 5.73 Å². The maximum atomic E-state index is 12.6. The molecule has 0 aromatic rings. The molecule has 4 heteroatoms. The van der Waals surface area contributed by atoms with Crippen LogP contribution in [-0.2, 0) is 4.79 Å². The van der Waals surface area contributed by atoms with Crippen molar-refractivity contribution < 1.29 is 4.79 Å². The summed E-state index contributed by atoms with van der Waals surface area (Å²) in [6.07, 6.45) is 6.61. The lowest BCUT2D eigenvalue weighted by Gasteiger charge is -2.40. The van der Waals surface area contributed by atoms with Crippen LogP contribution in [0.3, 0.4) is 0 Å². The zero-order valence-electron chi connectivity index (χ0n) is 14.3. The van der Waals surface area contributed by atoms with Gasteiger partial charge in [0.2, 0.25) is 5.91 Å². The van der Waals surface area contributed by atoms with E-state index in [0.717, 1.165) is 58.4 Å². The van der Waals surface area contributed by atoms with Gasteiger partial charge in [-0.3, -0.25) is 9.69 Å². The summed E-state index contributed by atoms with van der Waals surface area (Å²) in [4.78, 5) is 17.2. The van der Waals surface area contributed by atoms with Crippen LogP contribution in [0, 0.1) is 5.92 Å². The molecule has 124 valence electrons. The third-order valence-electron chi connectivity index (χ3n) is 4.66. The minimum atomic E-state index is 0.243. The molecule has 1 fully saturated rings. The van der Waals surface area contributed by atoms with E-state index in [2.05, 4.69) is 30.6 Å². The molecule has 21 heavy (non-hydrogen) atoms. The van der Waals surface area contributed by atoms with Crippen LogP contribution in [0.2, 0.25) is 0 Å². The van der Waals surface area contributed by atoms with E-state index in [1.165, 1.54) is 12.8 Å². The van der Waals surface area contributed by atoms with Crippen molar-refractivity contribution in [2.45, 2.75) is 65.3 Å². The predicted molar refractivity (Wildman–Crippen MR) is 89.2 cm³/mol. The van der Waals surface area contributed by atoms with Gasteiger partial charge in [-0.15, -0.1) is 0 Å². The maximum Gasteiger partial charge on any atom is 0.225 e. The number of amides is 1. The number of nitrogens with zero attached hydrogens (tertiary/aromatic N) is 2. The van der Waals surface area contributed by atoms with E-state index in [0.29, 0.717) is 11.9 Å². The maximum absolute atomic E-state index is 12.6. The first-order valence-electron chi connectivity index (χ1n) is 8.90. The quantitative estimate of drug-likeness (QED) is 0.711. The molecule has 0 saturated carbocycles. The highest BCUT2D eigenvalue weighted by Crippen LogP contribution is 2.19. The topological polar surface area (TPSA) is 49.6 Å². The second-order valence-corrected chi connectivity index (χ2v) is 6.31. The van der Waals surface area contributed by atoms with Crippen LogP contribution >= 0.6 is 0 Å². The van der Waals surface area contributed by atoms with Crippen molar-refractivity contribution >= 4 is 5.91 Å². The van der Waals surface area contributed by atoms with Crippen molar-refractivity contribution in [3.63, 3.8) is 0 Å². The highest BCUT2D eigenvalue weighted by Gasteiger charge is 2.28. The molecule has 0 bridgehead atoms. The molecule has 1 aliphatic rings. The molecular weight excluding hydrogens is 262 g/mol. The SMILES string of the molecule is CCCC(CCC)C(=O)N1CCN(C(CN)CCC)CC1. The van der Waals surface area contributed by atoms with Crippen molar-refractivity contribution in [1.29, 1.82) is 0 Å². The average Bonchev–Trinajstić information content (AvgIpc) is 2.52. The average molecular weight is 297 g/mol. The minimum absolute atomic E-state index is 0.243. The van der Waals surface area contributed by atoms with E-state index >= 15 is 0 Å². The summed E-state index contributed by atoms with van der Waals surface area (Å²) in [5.41, 5.74) is 5.89. The zero-order chi connectivity index (χ0) is 15.7. The third-order valence-corrected chi connectivity index (χ3v) is 4.66. The molecule has 1 saturated heterocycles. The largest absolute Gasteiger partial charge is 0.340 e. The lowest BCUT2D eigenvalue weighted by molar-refractivity contribution is -0.138. The normalized spacial score (nSPS) is 18.2. The first kappa shape index (κ1) is 18.4. The van der Waals surface area contributed by atoms with Gasteiger partial charge in [0, 0.05) is 44.7 Å². The molecule has 0 aromatic carbocycles. The summed E-state index contributed by atoms with van der Waals surface area (Å²) in [7, 11) is 0. The van der Waals surface area contributed by atoms with Crippen LogP contribution in [0.5, 0.6) is 0 Å². The zero-order valence-corrected chi connectivity index (χ0v) is 14.3. The molecule has 1 atom stereocenters. The predicted octanol–water partition coefficient (Wildman–Crippen LogP) is 2.47. The Bertz CT molecular complexity index is 282. The van der Waals surface area contributed by atoms with E-state index in [1.807, 2.05) is 0 Å². The third kappa shape index (κ3) is 5.59. The van der Waals surface area contributed by atoms with Crippen LogP contribution in [0.4, 0.5) is 0 Å². The summed E-state index contributed by atoms with van der Waals surface area (Å²) in [6.45, 7) is 11.0. The fraction of sp³-hybridized carbons (Fsp3) is 0.941. The molecule has 0 spiro atoms. The smallest absolute Gasteiger partial charge is 0.225 e. The number of carbonyl (C=O) groups excluding carboxylic acids is 1. The van der Waals surface area contributed by atoms with Crippen LogP contribution < -0.4 is 5.73 Å². The standard InChI is InChI=1S/C17H35N3O/c1-4-7-15(8-5-2)17(21)20-12-10-19(11-13-20)16(14-18)9-6-3/h15-16H,4-14,18H2,1-3H3. The van der Waals surface area contributed by atoms with Crippen molar-refractivity contribution in [3.8, 4) is 0 Å². The molecule has 1 heterocycles. The number of hydrogen-bond donors (Lipinski definition) is 1. The molecule has 1 amide bonds. The Morgan fingerprint density at radius 2 is 1.48 bits per heavy atom. The van der Waals surface area contributed by atoms with Crippen molar-refractivity contribution in [1.82, 2.24) is 9.80 Å². The van der Waals surface area contributed by atoms with Crippen molar-refractivity contribution in [3.05, 3.63) is 0 Å². The Balaban J connectivity index is 2.48. The number of piperazine rings is 1. The Hall–Kier alpha value is -0.610. The summed E-state index contributed by atoms with van der Waals surface area (Å²) in [5.74, 6) is 0.630. The molecule has 1 rings (SSSR count). The monoisotopic (exact) mass is 297 g/mol. The fourth-order valence-electron chi connectivity index (χ4n) is 3.44. The van der Waals surface area contributed by atoms with E-state index in [1.54, 1.807) is 0 Å². The van der Waals surface area contributed by atoms with Crippen molar-refractivity contribution in [2.24, 2.45) is 11.7 Å². The van der Waals surface area contributed by atoms with Gasteiger partial charge in [-0.25, -0.2) is 0 Å². The summed E-state index contributed by atoms with van der Waals surface area (Å²) in [6, 6.07) is 0.495. The van der Waals surface area contributed by atoms with E-state index in [9.17, 15) is 4.79 Å². The summed E-state index contributed by atoms with van der Waals surface area (Å²) in [5, 5.41) is 0. The highest BCUT2D eigenvalue weighted by molar-refractivity contribution is 5.78.